The third kappa shape index (κ3) is 1.09. The molecular weight excluding hydrogens is 248 g/mol. The van der Waals surface area contributed by atoms with Gasteiger partial charge in [-0.05, 0) is 61.9 Å². The summed E-state index contributed by atoms with van der Waals surface area (Å²) in [5.41, 5.74) is 1.14. The van der Waals surface area contributed by atoms with E-state index in [0.717, 1.165) is 30.9 Å². The van der Waals surface area contributed by atoms with Crippen molar-refractivity contribution in [2.45, 2.75) is 57.5 Å². The molecule has 0 aromatic rings. The zero-order valence-corrected chi connectivity index (χ0v) is 12.2. The molecule has 4 bridgehead atoms. The lowest BCUT2D eigenvalue weighted by Crippen LogP contribution is -2.67. The summed E-state index contributed by atoms with van der Waals surface area (Å²) in [5.74, 6) is 2.32. The summed E-state index contributed by atoms with van der Waals surface area (Å²) in [6.07, 6.45) is 10.3. The predicted octanol–water partition coefficient (Wildman–Crippen LogP) is 3.51. The van der Waals surface area contributed by atoms with Crippen LogP contribution in [-0.4, -0.2) is 18.5 Å². The highest BCUT2D eigenvalue weighted by Gasteiger charge is 2.72. The van der Waals surface area contributed by atoms with Crippen LogP contribution < -0.4 is 0 Å². The molecule has 108 valence electrons. The van der Waals surface area contributed by atoms with Crippen molar-refractivity contribution in [3.05, 3.63) is 12.2 Å². The Balaban J connectivity index is 1.68. The third-order valence-corrected chi connectivity index (χ3v) is 7.80. The van der Waals surface area contributed by atoms with E-state index in [1.807, 2.05) is 0 Å². The van der Waals surface area contributed by atoms with E-state index in [4.69, 9.17) is 4.74 Å². The number of hydrogen-bond donors (Lipinski definition) is 0. The van der Waals surface area contributed by atoms with Crippen molar-refractivity contribution in [1.29, 1.82) is 0 Å². The number of fused-ring (bicyclic) bond motifs is 2. The van der Waals surface area contributed by atoms with Crippen molar-refractivity contribution in [1.82, 2.24) is 0 Å². The van der Waals surface area contributed by atoms with Crippen LogP contribution in [0.3, 0.4) is 0 Å². The van der Waals surface area contributed by atoms with Crippen LogP contribution >= 0.6 is 0 Å². The molecule has 2 heterocycles. The van der Waals surface area contributed by atoms with Crippen LogP contribution in [-0.2, 0) is 9.53 Å². The van der Waals surface area contributed by atoms with Crippen molar-refractivity contribution in [3.63, 3.8) is 0 Å². The van der Waals surface area contributed by atoms with Crippen molar-refractivity contribution in [2.24, 2.45) is 28.6 Å². The van der Waals surface area contributed by atoms with Crippen molar-refractivity contribution < 1.29 is 9.53 Å². The predicted molar refractivity (Wildman–Crippen MR) is 76.2 cm³/mol. The highest BCUT2D eigenvalue weighted by molar-refractivity contribution is 6.03. The highest BCUT2D eigenvalue weighted by Crippen LogP contribution is 2.71. The number of rotatable bonds is 0. The van der Waals surface area contributed by atoms with Gasteiger partial charge in [-0.1, -0.05) is 19.4 Å². The molecule has 2 heteroatoms. The summed E-state index contributed by atoms with van der Waals surface area (Å²) >= 11 is 0. The zero-order valence-electron chi connectivity index (χ0n) is 12.2. The Hall–Kier alpha value is -0.630. The minimum absolute atomic E-state index is 0.147. The number of allylic oxidation sites excluding steroid dienone is 1. The van der Waals surface area contributed by atoms with E-state index < -0.39 is 0 Å². The maximum Gasteiger partial charge on any atom is 0.167 e. The Kier molecular flexibility index (Phi) is 2.14. The van der Waals surface area contributed by atoms with E-state index in [1.54, 1.807) is 0 Å². The molecule has 6 aliphatic rings. The maximum atomic E-state index is 13.0. The Morgan fingerprint density at radius 2 is 2.10 bits per heavy atom. The first-order valence-electron chi connectivity index (χ1n) is 8.54. The molecule has 0 radical (unpaired) electrons. The number of hydrogen-bond acceptors (Lipinski definition) is 2. The van der Waals surface area contributed by atoms with Gasteiger partial charge in [0.25, 0.3) is 0 Å². The molecule has 20 heavy (non-hydrogen) atoms. The quantitative estimate of drug-likeness (QED) is 0.631. The largest absolute Gasteiger partial charge is 0.377 e. The topological polar surface area (TPSA) is 26.3 Å². The minimum atomic E-state index is -0.147. The first-order chi connectivity index (χ1) is 9.68. The van der Waals surface area contributed by atoms with E-state index in [1.165, 1.54) is 38.5 Å². The third-order valence-electron chi connectivity index (χ3n) is 7.80. The second-order valence-corrected chi connectivity index (χ2v) is 8.14. The molecule has 4 saturated carbocycles. The molecule has 6 rings (SSSR count). The Morgan fingerprint density at radius 3 is 3.00 bits per heavy atom. The monoisotopic (exact) mass is 272 g/mol. The van der Waals surface area contributed by atoms with Crippen LogP contribution in [0.5, 0.6) is 0 Å². The van der Waals surface area contributed by atoms with Gasteiger partial charge < -0.3 is 4.74 Å². The van der Waals surface area contributed by atoms with Crippen LogP contribution in [0, 0.1) is 28.6 Å². The van der Waals surface area contributed by atoms with E-state index in [0.29, 0.717) is 23.0 Å². The molecule has 0 aromatic heterocycles. The Labute approximate surface area is 120 Å². The van der Waals surface area contributed by atoms with Crippen molar-refractivity contribution in [2.75, 3.05) is 6.61 Å². The molecule has 0 amide bonds. The van der Waals surface area contributed by atoms with Gasteiger partial charge >= 0.3 is 0 Å². The number of ketones is 1. The molecular formula is C18H24O2. The Bertz CT molecular complexity index is 506. The van der Waals surface area contributed by atoms with E-state index in [-0.39, 0.29) is 11.5 Å². The Morgan fingerprint density at radius 1 is 1.20 bits per heavy atom. The van der Waals surface area contributed by atoms with Crippen molar-refractivity contribution in [3.8, 4) is 0 Å². The molecule has 2 nitrogen and oxygen atoms in total. The van der Waals surface area contributed by atoms with E-state index in [9.17, 15) is 4.79 Å². The van der Waals surface area contributed by atoms with Crippen LogP contribution in [0.2, 0.25) is 0 Å². The number of ether oxygens (including phenoxy) is 1. The second-order valence-electron chi connectivity index (χ2n) is 8.14. The fourth-order valence-corrected chi connectivity index (χ4v) is 6.99. The number of Topliss-reactive ketones (excluding diaryl/α,β-unsaturated/α-hetero) is 1. The van der Waals surface area contributed by atoms with Gasteiger partial charge in [-0.3, -0.25) is 4.79 Å². The molecule has 6 atom stereocenters. The van der Waals surface area contributed by atoms with E-state index >= 15 is 0 Å². The standard InChI is InChI=1S/C18H24O2/c1-11-12-5-6-14-17-7-3-2-4-13(17)8-15(20-10-17)18(14,9-12)16(11)19/h12-15H,1-10H2. The SMILES string of the molecule is C=C1C(=O)C23CC1CCC2C12CCCCC1CC3OC2. The van der Waals surface area contributed by atoms with Gasteiger partial charge in [0.15, 0.2) is 5.78 Å². The van der Waals surface area contributed by atoms with Gasteiger partial charge in [-0.15, -0.1) is 0 Å². The molecule has 2 aliphatic heterocycles. The molecule has 0 aromatic carbocycles. The lowest BCUT2D eigenvalue weighted by molar-refractivity contribution is -0.267. The summed E-state index contributed by atoms with van der Waals surface area (Å²) < 4.78 is 6.28. The zero-order chi connectivity index (χ0) is 13.5. The van der Waals surface area contributed by atoms with Gasteiger partial charge in [0.05, 0.1) is 18.1 Å². The summed E-state index contributed by atoms with van der Waals surface area (Å²) in [4.78, 5) is 13.0. The van der Waals surface area contributed by atoms with Gasteiger partial charge in [0, 0.05) is 5.41 Å². The van der Waals surface area contributed by atoms with Gasteiger partial charge in [0.1, 0.15) is 0 Å². The average molecular weight is 272 g/mol. The highest BCUT2D eigenvalue weighted by atomic mass is 16.5. The summed E-state index contributed by atoms with van der Waals surface area (Å²) in [5, 5.41) is 0. The van der Waals surface area contributed by atoms with Gasteiger partial charge in [-0.2, -0.15) is 0 Å². The van der Waals surface area contributed by atoms with Gasteiger partial charge in [-0.25, -0.2) is 0 Å². The summed E-state index contributed by atoms with van der Waals surface area (Å²) in [6.45, 7) is 5.09. The number of carbonyl (C=O) groups excluding carboxylic acids is 1. The van der Waals surface area contributed by atoms with Gasteiger partial charge in [0.2, 0.25) is 0 Å². The molecule has 0 N–H and O–H groups in total. The molecule has 2 saturated heterocycles. The van der Waals surface area contributed by atoms with Crippen molar-refractivity contribution >= 4 is 5.78 Å². The average Bonchev–Trinajstić information content (AvgIpc) is 2.68. The van der Waals surface area contributed by atoms with Crippen LogP contribution in [0.4, 0.5) is 0 Å². The molecule has 4 aliphatic carbocycles. The first kappa shape index (κ1) is 12.0. The molecule has 6 unspecified atom stereocenters. The second kappa shape index (κ2) is 3.58. The molecule has 6 fully saturated rings. The lowest BCUT2D eigenvalue weighted by Gasteiger charge is -2.66. The maximum absolute atomic E-state index is 13.0. The normalized spacial score (nSPS) is 56.6. The smallest absolute Gasteiger partial charge is 0.167 e. The van der Waals surface area contributed by atoms with E-state index in [2.05, 4.69) is 6.58 Å². The minimum Gasteiger partial charge on any atom is -0.377 e. The summed E-state index contributed by atoms with van der Waals surface area (Å²) in [6, 6.07) is 0. The number of carbonyl (C=O) groups is 1. The summed E-state index contributed by atoms with van der Waals surface area (Å²) in [7, 11) is 0. The molecule has 2 spiro atoms. The van der Waals surface area contributed by atoms with Crippen LogP contribution in [0.1, 0.15) is 51.4 Å². The fourth-order valence-electron chi connectivity index (χ4n) is 6.99. The first-order valence-corrected chi connectivity index (χ1v) is 8.54. The van der Waals surface area contributed by atoms with Crippen LogP contribution in [0.15, 0.2) is 12.2 Å². The lowest BCUT2D eigenvalue weighted by atomic mass is 9.42. The fraction of sp³-hybridized carbons (Fsp3) is 0.833. The van der Waals surface area contributed by atoms with Crippen LogP contribution in [0.25, 0.3) is 0 Å².